The summed E-state index contributed by atoms with van der Waals surface area (Å²) in [5, 5.41) is 6.19. The van der Waals surface area contributed by atoms with E-state index in [1.807, 2.05) is 67.6 Å². The standard InChI is InChI=1S/C24H23NO4/c1-4-19(16-10-12-21(27-2)22(13-16)28-3)25-24(26)23-14-18-17-8-6-5-7-15(17)9-11-20(18)29-23/h5-14,19H,4H2,1-3H3,(H,25,26)/t19-/m1/s1. The average Bonchev–Trinajstić information content (AvgIpc) is 3.22. The molecule has 0 radical (unpaired) electrons. The summed E-state index contributed by atoms with van der Waals surface area (Å²) in [6, 6.07) is 19.3. The minimum atomic E-state index is -0.244. The number of hydrogen-bond donors (Lipinski definition) is 1. The van der Waals surface area contributed by atoms with E-state index in [2.05, 4.69) is 5.32 Å². The maximum atomic E-state index is 12.9. The Hall–Kier alpha value is -3.47. The summed E-state index contributed by atoms with van der Waals surface area (Å²) in [4.78, 5) is 12.9. The minimum Gasteiger partial charge on any atom is -0.493 e. The van der Waals surface area contributed by atoms with Gasteiger partial charge in [-0.3, -0.25) is 4.79 Å². The van der Waals surface area contributed by atoms with Gasteiger partial charge in [0.05, 0.1) is 20.3 Å². The first kappa shape index (κ1) is 18.9. The Balaban J connectivity index is 1.63. The Labute approximate surface area is 169 Å². The second-order valence-electron chi connectivity index (χ2n) is 6.86. The Bertz CT molecular complexity index is 1180. The maximum Gasteiger partial charge on any atom is 0.287 e. The zero-order valence-electron chi connectivity index (χ0n) is 16.7. The molecule has 1 atom stereocenters. The highest BCUT2D eigenvalue weighted by Crippen LogP contribution is 2.32. The van der Waals surface area contributed by atoms with Crippen LogP contribution >= 0.6 is 0 Å². The number of nitrogens with one attached hydrogen (secondary N) is 1. The lowest BCUT2D eigenvalue weighted by Crippen LogP contribution is -2.27. The van der Waals surface area contributed by atoms with E-state index < -0.39 is 0 Å². The molecule has 148 valence electrons. The van der Waals surface area contributed by atoms with Crippen LogP contribution in [0, 0.1) is 0 Å². The van der Waals surface area contributed by atoms with Crippen LogP contribution in [0.15, 0.2) is 65.1 Å². The lowest BCUT2D eigenvalue weighted by Gasteiger charge is -2.18. The molecule has 4 rings (SSSR count). The van der Waals surface area contributed by atoms with Crippen molar-refractivity contribution in [3.63, 3.8) is 0 Å². The number of carbonyl (C=O) groups excluding carboxylic acids is 1. The lowest BCUT2D eigenvalue weighted by atomic mass is 10.0. The van der Waals surface area contributed by atoms with Crippen molar-refractivity contribution in [3.8, 4) is 11.5 Å². The van der Waals surface area contributed by atoms with Gasteiger partial charge in [0.25, 0.3) is 5.91 Å². The molecule has 0 saturated heterocycles. The van der Waals surface area contributed by atoms with Crippen molar-refractivity contribution in [1.29, 1.82) is 0 Å². The molecule has 29 heavy (non-hydrogen) atoms. The number of amides is 1. The first-order valence-electron chi connectivity index (χ1n) is 9.58. The van der Waals surface area contributed by atoms with Crippen molar-refractivity contribution in [1.82, 2.24) is 5.32 Å². The third-order valence-corrected chi connectivity index (χ3v) is 5.17. The van der Waals surface area contributed by atoms with Crippen LogP contribution < -0.4 is 14.8 Å². The zero-order chi connectivity index (χ0) is 20.4. The molecule has 1 heterocycles. The average molecular weight is 389 g/mol. The largest absolute Gasteiger partial charge is 0.493 e. The highest BCUT2D eigenvalue weighted by molar-refractivity contribution is 6.08. The summed E-state index contributed by atoms with van der Waals surface area (Å²) in [7, 11) is 3.20. The van der Waals surface area contributed by atoms with Gasteiger partial charge in [-0.25, -0.2) is 0 Å². The zero-order valence-corrected chi connectivity index (χ0v) is 16.7. The van der Waals surface area contributed by atoms with E-state index in [4.69, 9.17) is 13.9 Å². The van der Waals surface area contributed by atoms with E-state index in [1.54, 1.807) is 14.2 Å². The van der Waals surface area contributed by atoms with E-state index in [0.29, 0.717) is 22.8 Å². The molecule has 1 aromatic heterocycles. The number of furan rings is 1. The summed E-state index contributed by atoms with van der Waals surface area (Å²) in [6.45, 7) is 2.02. The van der Waals surface area contributed by atoms with E-state index in [0.717, 1.165) is 28.1 Å². The van der Waals surface area contributed by atoms with Crippen molar-refractivity contribution in [2.24, 2.45) is 0 Å². The number of benzene rings is 3. The molecule has 1 amide bonds. The van der Waals surface area contributed by atoms with Gasteiger partial charge < -0.3 is 19.2 Å². The smallest absolute Gasteiger partial charge is 0.287 e. The molecule has 0 aliphatic heterocycles. The van der Waals surface area contributed by atoms with Crippen molar-refractivity contribution in [3.05, 3.63) is 72.0 Å². The molecule has 3 aromatic carbocycles. The van der Waals surface area contributed by atoms with Crippen molar-refractivity contribution in [2.75, 3.05) is 14.2 Å². The van der Waals surface area contributed by atoms with Crippen LogP contribution in [0.2, 0.25) is 0 Å². The normalized spacial score (nSPS) is 12.1. The predicted octanol–water partition coefficient (Wildman–Crippen LogP) is 5.48. The first-order valence-corrected chi connectivity index (χ1v) is 9.58. The van der Waals surface area contributed by atoms with Crippen LogP contribution in [0.5, 0.6) is 11.5 Å². The molecule has 1 N–H and O–H groups in total. The van der Waals surface area contributed by atoms with Crippen LogP contribution in [0.3, 0.4) is 0 Å². The van der Waals surface area contributed by atoms with Crippen LogP contribution in [0.25, 0.3) is 21.7 Å². The fourth-order valence-electron chi connectivity index (χ4n) is 3.62. The van der Waals surface area contributed by atoms with Gasteiger partial charge in [0.1, 0.15) is 5.58 Å². The number of fused-ring (bicyclic) bond motifs is 3. The fourth-order valence-corrected chi connectivity index (χ4v) is 3.62. The molecule has 0 fully saturated rings. The second kappa shape index (κ2) is 7.87. The number of carbonyl (C=O) groups is 1. The SMILES string of the molecule is CC[C@@H](NC(=O)c1cc2c(ccc3ccccc32)o1)c1ccc(OC)c(OC)c1. The number of ether oxygens (including phenoxy) is 2. The predicted molar refractivity (Wildman–Crippen MR) is 114 cm³/mol. The molecule has 0 spiro atoms. The molecule has 5 heteroatoms. The Kier molecular flexibility index (Phi) is 5.12. The summed E-state index contributed by atoms with van der Waals surface area (Å²) < 4.78 is 16.5. The van der Waals surface area contributed by atoms with Gasteiger partial charge >= 0.3 is 0 Å². The van der Waals surface area contributed by atoms with E-state index in [1.165, 1.54) is 0 Å². The highest BCUT2D eigenvalue weighted by Gasteiger charge is 2.19. The van der Waals surface area contributed by atoms with Crippen molar-refractivity contribution < 1.29 is 18.7 Å². The third-order valence-electron chi connectivity index (χ3n) is 5.17. The van der Waals surface area contributed by atoms with Crippen molar-refractivity contribution >= 4 is 27.6 Å². The molecule has 4 aromatic rings. The summed E-state index contributed by atoms with van der Waals surface area (Å²) in [5.74, 6) is 1.34. The lowest BCUT2D eigenvalue weighted by molar-refractivity contribution is 0.0909. The maximum absolute atomic E-state index is 12.9. The molecular weight excluding hydrogens is 366 g/mol. The van der Waals surface area contributed by atoms with Gasteiger partial charge in [0.2, 0.25) is 0 Å². The van der Waals surface area contributed by atoms with Gasteiger partial charge in [-0.05, 0) is 47.0 Å². The van der Waals surface area contributed by atoms with Gasteiger partial charge in [-0.2, -0.15) is 0 Å². The third kappa shape index (κ3) is 3.51. The minimum absolute atomic E-state index is 0.174. The second-order valence-corrected chi connectivity index (χ2v) is 6.86. The van der Waals surface area contributed by atoms with Gasteiger partial charge in [-0.1, -0.05) is 43.3 Å². The summed E-state index contributed by atoms with van der Waals surface area (Å²) in [5.41, 5.74) is 1.65. The Morgan fingerprint density at radius 2 is 1.76 bits per heavy atom. The van der Waals surface area contributed by atoms with Gasteiger partial charge in [0, 0.05) is 5.39 Å². The topological polar surface area (TPSA) is 60.7 Å². The van der Waals surface area contributed by atoms with Crippen molar-refractivity contribution in [2.45, 2.75) is 19.4 Å². The van der Waals surface area contributed by atoms with Crippen LogP contribution in [-0.4, -0.2) is 20.1 Å². The number of hydrogen-bond acceptors (Lipinski definition) is 4. The van der Waals surface area contributed by atoms with Gasteiger partial charge in [-0.15, -0.1) is 0 Å². The number of rotatable bonds is 6. The molecule has 0 aliphatic carbocycles. The van der Waals surface area contributed by atoms with E-state index in [9.17, 15) is 4.79 Å². The van der Waals surface area contributed by atoms with Gasteiger partial charge in [0.15, 0.2) is 17.3 Å². The quantitative estimate of drug-likeness (QED) is 0.474. The fraction of sp³-hybridized carbons (Fsp3) is 0.208. The molecule has 5 nitrogen and oxygen atoms in total. The molecule has 0 aliphatic rings. The van der Waals surface area contributed by atoms with E-state index >= 15 is 0 Å². The Morgan fingerprint density at radius 1 is 0.966 bits per heavy atom. The molecule has 0 unspecified atom stereocenters. The van der Waals surface area contributed by atoms with Crippen LogP contribution in [0.4, 0.5) is 0 Å². The van der Waals surface area contributed by atoms with E-state index in [-0.39, 0.29) is 11.9 Å². The number of methoxy groups -OCH3 is 2. The molecule has 0 bridgehead atoms. The highest BCUT2D eigenvalue weighted by atomic mass is 16.5. The molecular formula is C24H23NO4. The monoisotopic (exact) mass is 389 g/mol. The van der Waals surface area contributed by atoms with Crippen LogP contribution in [0.1, 0.15) is 35.5 Å². The molecule has 0 saturated carbocycles. The first-order chi connectivity index (χ1) is 14.1. The summed E-state index contributed by atoms with van der Waals surface area (Å²) in [6.07, 6.45) is 0.727. The van der Waals surface area contributed by atoms with Crippen LogP contribution in [-0.2, 0) is 0 Å². The summed E-state index contributed by atoms with van der Waals surface area (Å²) >= 11 is 0. The Morgan fingerprint density at radius 3 is 2.52 bits per heavy atom.